The number of halogens is 1. The molecule has 0 fully saturated rings. The number of nitrogens with zero attached hydrogens (tertiary/aromatic N) is 1. The topological polar surface area (TPSA) is 49.4 Å². The molecule has 112 valence electrons. The molecule has 1 N–H and O–H groups in total. The second-order valence-electron chi connectivity index (χ2n) is 5.21. The van der Waals surface area contributed by atoms with Gasteiger partial charge in [0, 0.05) is 22.3 Å². The van der Waals surface area contributed by atoms with Crippen LogP contribution in [0.3, 0.4) is 0 Å². The Labute approximate surface area is 142 Å². The number of anilines is 1. The van der Waals surface area contributed by atoms with Crippen molar-refractivity contribution in [1.82, 2.24) is 4.90 Å². The second kappa shape index (κ2) is 6.48. The van der Waals surface area contributed by atoms with Crippen molar-refractivity contribution in [3.05, 3.63) is 63.2 Å². The number of amides is 2. The summed E-state index contributed by atoms with van der Waals surface area (Å²) >= 11 is 2.19. The minimum atomic E-state index is -0.583. The molecule has 0 aromatic heterocycles. The molecule has 5 heteroatoms. The van der Waals surface area contributed by atoms with Crippen LogP contribution < -0.4 is 5.32 Å². The molecule has 0 unspecified atom stereocenters. The van der Waals surface area contributed by atoms with Crippen molar-refractivity contribution in [2.45, 2.75) is 13.0 Å². The van der Waals surface area contributed by atoms with Gasteiger partial charge in [-0.2, -0.15) is 0 Å². The van der Waals surface area contributed by atoms with Gasteiger partial charge in [-0.3, -0.25) is 9.59 Å². The first-order valence-corrected chi connectivity index (χ1v) is 8.14. The van der Waals surface area contributed by atoms with Crippen LogP contribution in [0, 0.1) is 3.57 Å². The van der Waals surface area contributed by atoms with Crippen LogP contribution in [-0.2, 0) is 22.6 Å². The van der Waals surface area contributed by atoms with Crippen LogP contribution in [0.15, 0.2) is 48.5 Å². The highest BCUT2D eigenvalue weighted by Crippen LogP contribution is 2.19. The Bertz CT molecular complexity index is 713. The fourth-order valence-electron chi connectivity index (χ4n) is 2.53. The predicted octanol–water partition coefficient (Wildman–Crippen LogP) is 2.81. The van der Waals surface area contributed by atoms with Crippen LogP contribution in [0.5, 0.6) is 0 Å². The molecule has 0 saturated carbocycles. The molecule has 0 bridgehead atoms. The molecule has 2 aromatic carbocycles. The Morgan fingerprint density at radius 1 is 1.00 bits per heavy atom. The molecule has 2 amide bonds. The summed E-state index contributed by atoms with van der Waals surface area (Å²) in [5.74, 6) is -1.06. The van der Waals surface area contributed by atoms with Crippen molar-refractivity contribution in [2.24, 2.45) is 0 Å². The van der Waals surface area contributed by atoms with E-state index in [0.29, 0.717) is 18.8 Å². The van der Waals surface area contributed by atoms with E-state index < -0.39 is 11.8 Å². The number of rotatable bonds is 1. The average molecular weight is 406 g/mol. The maximum Gasteiger partial charge on any atom is 0.313 e. The molecular weight excluding hydrogens is 391 g/mol. The smallest absolute Gasteiger partial charge is 0.313 e. The summed E-state index contributed by atoms with van der Waals surface area (Å²) in [5, 5.41) is 2.66. The Morgan fingerprint density at radius 2 is 1.68 bits per heavy atom. The molecule has 4 nitrogen and oxygen atoms in total. The third-order valence-corrected chi connectivity index (χ3v) is 4.43. The fourth-order valence-corrected chi connectivity index (χ4v) is 2.89. The van der Waals surface area contributed by atoms with Gasteiger partial charge in [-0.25, -0.2) is 0 Å². The molecule has 1 aliphatic heterocycles. The van der Waals surface area contributed by atoms with E-state index in [1.807, 2.05) is 30.3 Å². The summed E-state index contributed by atoms with van der Waals surface area (Å²) in [4.78, 5) is 26.0. The largest absolute Gasteiger partial charge is 0.330 e. The highest BCUT2D eigenvalue weighted by Gasteiger charge is 2.25. The Hall–Kier alpha value is -1.89. The van der Waals surface area contributed by atoms with Crippen molar-refractivity contribution in [1.29, 1.82) is 0 Å². The van der Waals surface area contributed by atoms with Gasteiger partial charge in [-0.15, -0.1) is 0 Å². The Morgan fingerprint density at radius 3 is 2.41 bits per heavy atom. The van der Waals surface area contributed by atoms with Crippen LogP contribution in [0.4, 0.5) is 5.69 Å². The molecule has 0 radical (unpaired) electrons. The van der Waals surface area contributed by atoms with Gasteiger partial charge in [-0.1, -0.05) is 24.3 Å². The lowest BCUT2D eigenvalue weighted by atomic mass is 10.00. The van der Waals surface area contributed by atoms with Gasteiger partial charge in [-0.05, 0) is 64.4 Å². The average Bonchev–Trinajstić information content (AvgIpc) is 2.55. The van der Waals surface area contributed by atoms with Crippen LogP contribution >= 0.6 is 22.6 Å². The van der Waals surface area contributed by atoms with Crippen LogP contribution in [0.25, 0.3) is 0 Å². The van der Waals surface area contributed by atoms with E-state index in [1.54, 1.807) is 17.0 Å². The molecule has 0 saturated heterocycles. The SMILES string of the molecule is O=C(Nc1ccc(I)cc1)C(=O)N1CCc2ccccc2C1. The first-order chi connectivity index (χ1) is 10.6. The normalized spacial score (nSPS) is 13.4. The Balaban J connectivity index is 1.67. The molecule has 1 heterocycles. The van der Waals surface area contributed by atoms with E-state index >= 15 is 0 Å². The van der Waals surface area contributed by atoms with E-state index in [1.165, 1.54) is 5.56 Å². The van der Waals surface area contributed by atoms with Gasteiger partial charge in [0.15, 0.2) is 0 Å². The molecule has 3 rings (SSSR count). The molecule has 0 atom stereocenters. The highest BCUT2D eigenvalue weighted by atomic mass is 127. The zero-order valence-corrected chi connectivity index (χ0v) is 14.0. The number of hydrogen-bond donors (Lipinski definition) is 1. The zero-order valence-electron chi connectivity index (χ0n) is 11.9. The van der Waals surface area contributed by atoms with E-state index in [4.69, 9.17) is 0 Å². The fraction of sp³-hybridized carbons (Fsp3) is 0.176. The lowest BCUT2D eigenvalue weighted by molar-refractivity contribution is -0.143. The van der Waals surface area contributed by atoms with Crippen molar-refractivity contribution >= 4 is 40.1 Å². The number of nitrogens with one attached hydrogen (secondary N) is 1. The van der Waals surface area contributed by atoms with E-state index in [9.17, 15) is 9.59 Å². The van der Waals surface area contributed by atoms with Gasteiger partial charge in [0.1, 0.15) is 0 Å². The quantitative estimate of drug-likeness (QED) is 0.585. The van der Waals surface area contributed by atoms with Crippen molar-refractivity contribution in [3.8, 4) is 0 Å². The van der Waals surface area contributed by atoms with Crippen molar-refractivity contribution in [2.75, 3.05) is 11.9 Å². The van der Waals surface area contributed by atoms with Crippen LogP contribution in [0.1, 0.15) is 11.1 Å². The number of carbonyl (C=O) groups excluding carboxylic acids is 2. The minimum Gasteiger partial charge on any atom is -0.330 e. The van der Waals surface area contributed by atoms with Gasteiger partial charge < -0.3 is 10.2 Å². The lowest BCUT2D eigenvalue weighted by Crippen LogP contribution is -2.42. The molecular formula is C17H15IN2O2. The van der Waals surface area contributed by atoms with Gasteiger partial charge in [0.25, 0.3) is 0 Å². The third kappa shape index (κ3) is 3.30. The molecule has 22 heavy (non-hydrogen) atoms. The minimum absolute atomic E-state index is 0.479. The first-order valence-electron chi connectivity index (χ1n) is 7.06. The standard InChI is InChI=1S/C17H15IN2O2/c18-14-5-7-15(8-6-14)19-16(21)17(22)20-10-9-12-3-1-2-4-13(12)11-20/h1-8H,9-11H2,(H,19,21). The van der Waals surface area contributed by atoms with Gasteiger partial charge in [0.2, 0.25) is 0 Å². The summed E-state index contributed by atoms with van der Waals surface area (Å²) in [6.07, 6.45) is 0.790. The highest BCUT2D eigenvalue weighted by molar-refractivity contribution is 14.1. The molecule has 2 aromatic rings. The molecule has 1 aliphatic rings. The number of carbonyl (C=O) groups is 2. The third-order valence-electron chi connectivity index (χ3n) is 3.71. The summed E-state index contributed by atoms with van der Waals surface area (Å²) in [7, 11) is 0. The summed E-state index contributed by atoms with van der Waals surface area (Å²) in [6.45, 7) is 1.07. The maximum atomic E-state index is 12.3. The van der Waals surface area contributed by atoms with Crippen molar-refractivity contribution in [3.63, 3.8) is 0 Å². The molecule has 0 spiro atoms. The van der Waals surface area contributed by atoms with Gasteiger partial charge >= 0.3 is 11.8 Å². The number of fused-ring (bicyclic) bond motifs is 1. The van der Waals surface area contributed by atoms with Crippen molar-refractivity contribution < 1.29 is 9.59 Å². The second-order valence-corrected chi connectivity index (χ2v) is 6.45. The zero-order chi connectivity index (χ0) is 15.5. The van der Waals surface area contributed by atoms with Crippen LogP contribution in [0.2, 0.25) is 0 Å². The predicted molar refractivity (Wildman–Crippen MR) is 93.4 cm³/mol. The monoisotopic (exact) mass is 406 g/mol. The van der Waals surface area contributed by atoms with E-state index in [2.05, 4.69) is 34.0 Å². The molecule has 0 aliphatic carbocycles. The first kappa shape index (κ1) is 15.0. The summed E-state index contributed by atoms with van der Waals surface area (Å²) in [5.41, 5.74) is 3.00. The van der Waals surface area contributed by atoms with E-state index in [-0.39, 0.29) is 0 Å². The maximum absolute atomic E-state index is 12.3. The Kier molecular flexibility index (Phi) is 4.42. The summed E-state index contributed by atoms with van der Waals surface area (Å²) in [6, 6.07) is 15.4. The number of hydrogen-bond acceptors (Lipinski definition) is 2. The lowest BCUT2D eigenvalue weighted by Gasteiger charge is -2.28. The van der Waals surface area contributed by atoms with E-state index in [0.717, 1.165) is 15.6 Å². The van der Waals surface area contributed by atoms with Crippen LogP contribution in [-0.4, -0.2) is 23.3 Å². The summed E-state index contributed by atoms with van der Waals surface area (Å²) < 4.78 is 1.08. The van der Waals surface area contributed by atoms with Gasteiger partial charge in [0.05, 0.1) is 0 Å². The number of benzene rings is 2.